The number of amides is 1. The Balaban J connectivity index is 2.12. The zero-order valence-electron chi connectivity index (χ0n) is 13.8. The number of nitrogens with one attached hydrogen (secondary N) is 1. The molecule has 1 atom stereocenters. The van der Waals surface area contributed by atoms with Crippen LogP contribution in [0.2, 0.25) is 0 Å². The monoisotopic (exact) mass is 348 g/mol. The second kappa shape index (κ2) is 7.57. The standard InChI is InChI=1S/C17H20N2O4S/c1-13(14-7-5-4-6-8-14)18-17(20)15-9-11-16(12-10-15)24(21,22)19(2)23-3/h4-13H,1-3H3,(H,18,20)/t13-/m1/s1. The van der Waals surface area contributed by atoms with Crippen LogP contribution in [-0.4, -0.2) is 33.0 Å². The lowest BCUT2D eigenvalue weighted by Crippen LogP contribution is -2.27. The minimum atomic E-state index is -3.72. The highest BCUT2D eigenvalue weighted by molar-refractivity contribution is 7.89. The van der Waals surface area contributed by atoms with Crippen molar-refractivity contribution in [2.24, 2.45) is 0 Å². The topological polar surface area (TPSA) is 75.7 Å². The van der Waals surface area contributed by atoms with Crippen LogP contribution in [0.25, 0.3) is 0 Å². The van der Waals surface area contributed by atoms with E-state index >= 15 is 0 Å². The van der Waals surface area contributed by atoms with Crippen molar-refractivity contribution >= 4 is 15.9 Å². The lowest BCUT2D eigenvalue weighted by atomic mass is 10.1. The molecule has 0 saturated heterocycles. The average molecular weight is 348 g/mol. The molecule has 0 aliphatic rings. The number of hydrogen-bond donors (Lipinski definition) is 1. The van der Waals surface area contributed by atoms with Gasteiger partial charge in [-0.1, -0.05) is 34.8 Å². The predicted octanol–water partition coefficient (Wildman–Crippen LogP) is 2.36. The van der Waals surface area contributed by atoms with E-state index in [9.17, 15) is 13.2 Å². The Labute approximate surface area is 142 Å². The van der Waals surface area contributed by atoms with Gasteiger partial charge in [-0.2, -0.15) is 0 Å². The van der Waals surface area contributed by atoms with Crippen LogP contribution in [-0.2, 0) is 14.9 Å². The van der Waals surface area contributed by atoms with Gasteiger partial charge in [-0.25, -0.2) is 8.42 Å². The summed E-state index contributed by atoms with van der Waals surface area (Å²) in [7, 11) is -1.15. The fourth-order valence-electron chi connectivity index (χ4n) is 2.13. The molecule has 6 nitrogen and oxygen atoms in total. The third-order valence-electron chi connectivity index (χ3n) is 3.66. The smallest absolute Gasteiger partial charge is 0.264 e. The molecule has 24 heavy (non-hydrogen) atoms. The Morgan fingerprint density at radius 3 is 2.21 bits per heavy atom. The maximum atomic E-state index is 12.3. The summed E-state index contributed by atoms with van der Waals surface area (Å²) in [6, 6.07) is 15.2. The van der Waals surface area contributed by atoms with Gasteiger partial charge in [0.2, 0.25) is 0 Å². The highest BCUT2D eigenvalue weighted by atomic mass is 32.2. The van der Waals surface area contributed by atoms with E-state index in [-0.39, 0.29) is 16.8 Å². The molecule has 0 bridgehead atoms. The lowest BCUT2D eigenvalue weighted by Gasteiger charge is -2.16. The third-order valence-corrected chi connectivity index (χ3v) is 5.35. The van der Waals surface area contributed by atoms with Crippen molar-refractivity contribution in [2.75, 3.05) is 14.2 Å². The molecule has 1 amide bonds. The van der Waals surface area contributed by atoms with Crippen LogP contribution >= 0.6 is 0 Å². The number of benzene rings is 2. The van der Waals surface area contributed by atoms with E-state index in [1.165, 1.54) is 38.4 Å². The zero-order chi connectivity index (χ0) is 17.7. The normalized spacial score (nSPS) is 12.8. The minimum Gasteiger partial charge on any atom is -0.346 e. The number of nitrogens with zero attached hydrogens (tertiary/aromatic N) is 1. The van der Waals surface area contributed by atoms with Gasteiger partial charge < -0.3 is 5.32 Å². The van der Waals surface area contributed by atoms with Gasteiger partial charge in [0.25, 0.3) is 15.9 Å². The quantitative estimate of drug-likeness (QED) is 0.813. The summed E-state index contributed by atoms with van der Waals surface area (Å²) in [5, 5.41) is 2.88. The molecule has 2 aromatic carbocycles. The first-order valence-electron chi connectivity index (χ1n) is 7.35. The largest absolute Gasteiger partial charge is 0.346 e. The maximum Gasteiger partial charge on any atom is 0.264 e. The number of sulfonamides is 1. The Bertz CT molecular complexity index is 789. The van der Waals surface area contributed by atoms with Crippen molar-refractivity contribution in [3.05, 3.63) is 65.7 Å². The van der Waals surface area contributed by atoms with E-state index in [0.717, 1.165) is 10.0 Å². The number of carbonyl (C=O) groups excluding carboxylic acids is 1. The molecule has 7 heteroatoms. The van der Waals surface area contributed by atoms with Crippen LogP contribution in [0.15, 0.2) is 59.5 Å². The highest BCUT2D eigenvalue weighted by Crippen LogP contribution is 2.16. The molecular weight excluding hydrogens is 328 g/mol. The maximum absolute atomic E-state index is 12.3. The fourth-order valence-corrected chi connectivity index (χ4v) is 3.10. The molecule has 2 rings (SSSR count). The van der Waals surface area contributed by atoms with Gasteiger partial charge in [0.05, 0.1) is 18.0 Å². The van der Waals surface area contributed by atoms with E-state index in [1.807, 2.05) is 37.3 Å². The summed E-state index contributed by atoms with van der Waals surface area (Å²) >= 11 is 0. The van der Waals surface area contributed by atoms with Gasteiger partial charge in [-0.3, -0.25) is 9.63 Å². The summed E-state index contributed by atoms with van der Waals surface area (Å²) in [5.74, 6) is -0.268. The van der Waals surface area contributed by atoms with Crippen LogP contribution in [0.5, 0.6) is 0 Å². The molecule has 0 heterocycles. The summed E-state index contributed by atoms with van der Waals surface area (Å²) in [4.78, 5) is 17.1. The van der Waals surface area contributed by atoms with Crippen LogP contribution in [0.4, 0.5) is 0 Å². The molecular formula is C17H20N2O4S. The minimum absolute atomic E-state index is 0.0551. The van der Waals surface area contributed by atoms with Crippen molar-refractivity contribution in [2.45, 2.75) is 17.9 Å². The first-order chi connectivity index (χ1) is 11.4. The second-order valence-electron chi connectivity index (χ2n) is 5.23. The summed E-state index contributed by atoms with van der Waals surface area (Å²) < 4.78 is 25.0. The average Bonchev–Trinajstić information content (AvgIpc) is 2.61. The highest BCUT2D eigenvalue weighted by Gasteiger charge is 2.21. The molecule has 2 aromatic rings. The van der Waals surface area contributed by atoms with E-state index in [2.05, 4.69) is 5.32 Å². The van der Waals surface area contributed by atoms with Crippen LogP contribution < -0.4 is 5.32 Å². The first kappa shape index (κ1) is 18.1. The molecule has 128 valence electrons. The predicted molar refractivity (Wildman–Crippen MR) is 90.7 cm³/mol. The Morgan fingerprint density at radius 2 is 1.67 bits per heavy atom. The van der Waals surface area contributed by atoms with Crippen molar-refractivity contribution in [1.29, 1.82) is 0 Å². The van der Waals surface area contributed by atoms with Crippen molar-refractivity contribution in [1.82, 2.24) is 9.79 Å². The number of rotatable bonds is 6. The Kier molecular flexibility index (Phi) is 5.71. The first-order valence-corrected chi connectivity index (χ1v) is 8.79. The summed E-state index contributed by atoms with van der Waals surface area (Å²) in [5.41, 5.74) is 1.38. The van der Waals surface area contributed by atoms with Gasteiger partial charge in [-0.15, -0.1) is 0 Å². The third kappa shape index (κ3) is 4.00. The molecule has 0 aliphatic carbocycles. The van der Waals surface area contributed by atoms with E-state index in [0.29, 0.717) is 5.56 Å². The molecule has 0 aromatic heterocycles. The molecule has 0 aliphatic heterocycles. The molecule has 1 N–H and O–H groups in total. The summed E-state index contributed by atoms with van der Waals surface area (Å²) in [6.07, 6.45) is 0. The van der Waals surface area contributed by atoms with Crippen molar-refractivity contribution < 1.29 is 18.0 Å². The number of hydrogen-bond acceptors (Lipinski definition) is 4. The van der Waals surface area contributed by atoms with Gasteiger partial charge in [-0.05, 0) is 36.8 Å². The number of carbonyl (C=O) groups is 1. The molecule has 0 unspecified atom stereocenters. The second-order valence-corrected chi connectivity index (χ2v) is 7.16. The van der Waals surface area contributed by atoms with Gasteiger partial charge >= 0.3 is 0 Å². The zero-order valence-corrected chi connectivity index (χ0v) is 14.6. The fraction of sp³-hybridized carbons (Fsp3) is 0.235. The van der Waals surface area contributed by atoms with E-state index < -0.39 is 10.0 Å². The molecule has 0 saturated carbocycles. The summed E-state index contributed by atoms with van der Waals surface area (Å²) in [6.45, 7) is 1.89. The Morgan fingerprint density at radius 1 is 1.08 bits per heavy atom. The number of hydroxylamine groups is 1. The SMILES string of the molecule is CON(C)S(=O)(=O)c1ccc(C(=O)N[C@H](C)c2ccccc2)cc1. The van der Waals surface area contributed by atoms with Gasteiger partial charge in [0.15, 0.2) is 0 Å². The van der Waals surface area contributed by atoms with Gasteiger partial charge in [0.1, 0.15) is 0 Å². The Hall–Kier alpha value is -2.22. The molecule has 0 fully saturated rings. The van der Waals surface area contributed by atoms with E-state index in [4.69, 9.17) is 4.84 Å². The van der Waals surface area contributed by atoms with Gasteiger partial charge in [0, 0.05) is 12.6 Å². The van der Waals surface area contributed by atoms with Crippen LogP contribution in [0.3, 0.4) is 0 Å². The lowest BCUT2D eigenvalue weighted by molar-refractivity contribution is -0.0258. The van der Waals surface area contributed by atoms with Crippen molar-refractivity contribution in [3.8, 4) is 0 Å². The van der Waals surface area contributed by atoms with Crippen LogP contribution in [0, 0.1) is 0 Å². The molecule has 0 radical (unpaired) electrons. The van der Waals surface area contributed by atoms with E-state index in [1.54, 1.807) is 0 Å². The van der Waals surface area contributed by atoms with Crippen molar-refractivity contribution in [3.63, 3.8) is 0 Å². The van der Waals surface area contributed by atoms with Crippen LogP contribution in [0.1, 0.15) is 28.9 Å². The molecule has 0 spiro atoms.